The Kier molecular flexibility index (Phi) is 8.33. The largest absolute Gasteiger partial charge is 0.361 e. The number of aromatic amines is 1. The van der Waals surface area contributed by atoms with Gasteiger partial charge < -0.3 is 20.1 Å². The van der Waals surface area contributed by atoms with Crippen molar-refractivity contribution >= 4 is 67.9 Å². The molecule has 3 atom stereocenters. The van der Waals surface area contributed by atoms with Crippen molar-refractivity contribution in [2.45, 2.75) is 55.0 Å². The van der Waals surface area contributed by atoms with Crippen LogP contribution in [-0.4, -0.2) is 56.4 Å². The van der Waals surface area contributed by atoms with Crippen molar-refractivity contribution in [1.29, 1.82) is 0 Å². The van der Waals surface area contributed by atoms with E-state index < -0.39 is 10.8 Å². The Bertz CT molecular complexity index is 1690. The van der Waals surface area contributed by atoms with Crippen LogP contribution >= 0.6 is 39.3 Å². The quantitative estimate of drug-likeness (QED) is 0.230. The van der Waals surface area contributed by atoms with Crippen LogP contribution in [0.3, 0.4) is 0 Å². The Morgan fingerprint density at radius 1 is 1.12 bits per heavy atom. The molecular formula is C33H32BrClN4O3S. The molecule has 0 spiro atoms. The summed E-state index contributed by atoms with van der Waals surface area (Å²) in [7, 11) is 0. The van der Waals surface area contributed by atoms with Gasteiger partial charge in [0.1, 0.15) is 4.75 Å². The van der Waals surface area contributed by atoms with E-state index in [0.717, 1.165) is 37.0 Å². The van der Waals surface area contributed by atoms with E-state index in [9.17, 15) is 14.4 Å². The van der Waals surface area contributed by atoms with Gasteiger partial charge >= 0.3 is 0 Å². The molecule has 0 bridgehead atoms. The van der Waals surface area contributed by atoms with Crippen LogP contribution in [0.15, 0.2) is 82.3 Å². The summed E-state index contributed by atoms with van der Waals surface area (Å²) in [5.41, 5.74) is 3.81. The summed E-state index contributed by atoms with van der Waals surface area (Å²) >= 11 is 11.3. The lowest BCUT2D eigenvalue weighted by Crippen LogP contribution is -2.50. The van der Waals surface area contributed by atoms with E-state index in [4.69, 9.17) is 11.6 Å². The van der Waals surface area contributed by atoms with Gasteiger partial charge in [-0.1, -0.05) is 63.4 Å². The molecule has 222 valence electrons. The average molecular weight is 680 g/mol. The molecule has 3 unspecified atom stereocenters. The van der Waals surface area contributed by atoms with E-state index >= 15 is 0 Å². The standard InChI is InChI=1S/C33H32BrClN4O3S/c1-20-3-10-26(11-4-20)43-33(32(42)38-14-13-25(19-38)37-21(2)40)16-30(41)39(18-22-5-7-23(34)8-6-22)31(33)28-17-36-29-15-24(35)9-12-27(28)29/h3-12,15,17,25,31,36H,13-14,16,18-19H2,1-2H3,(H,37,40). The smallest absolute Gasteiger partial charge is 0.242 e. The molecule has 0 aliphatic carbocycles. The number of thioether (sulfide) groups is 1. The number of H-pyrrole nitrogens is 1. The van der Waals surface area contributed by atoms with Crippen LogP contribution in [0.4, 0.5) is 0 Å². The molecular weight excluding hydrogens is 648 g/mol. The second-order valence-corrected chi connectivity index (χ2v) is 14.2. The van der Waals surface area contributed by atoms with E-state index in [-0.39, 0.29) is 30.2 Å². The fourth-order valence-corrected chi connectivity index (χ4v) is 8.22. The molecule has 0 radical (unpaired) electrons. The van der Waals surface area contributed by atoms with Crippen LogP contribution in [0.2, 0.25) is 5.02 Å². The molecule has 2 aliphatic heterocycles. The highest BCUT2D eigenvalue weighted by Crippen LogP contribution is 2.55. The zero-order valence-corrected chi connectivity index (χ0v) is 27.1. The van der Waals surface area contributed by atoms with E-state index in [1.54, 1.807) is 0 Å². The summed E-state index contributed by atoms with van der Waals surface area (Å²) in [6.45, 7) is 4.80. The number of hydrogen-bond acceptors (Lipinski definition) is 4. The fourth-order valence-electron chi connectivity index (χ4n) is 6.31. The molecule has 2 fully saturated rings. The first kappa shape index (κ1) is 29.8. The number of nitrogens with one attached hydrogen (secondary N) is 2. The average Bonchev–Trinajstić information content (AvgIpc) is 3.67. The molecule has 2 N–H and O–H groups in total. The number of likely N-dealkylation sites (tertiary alicyclic amines) is 2. The first-order chi connectivity index (χ1) is 20.6. The van der Waals surface area contributed by atoms with E-state index in [1.165, 1.54) is 18.7 Å². The predicted molar refractivity (Wildman–Crippen MR) is 174 cm³/mol. The van der Waals surface area contributed by atoms with Gasteiger partial charge in [-0.25, -0.2) is 0 Å². The molecule has 3 heterocycles. The lowest BCUT2D eigenvalue weighted by molar-refractivity contribution is -0.134. The van der Waals surface area contributed by atoms with E-state index in [0.29, 0.717) is 31.1 Å². The first-order valence-corrected chi connectivity index (χ1v) is 16.2. The number of benzene rings is 3. The zero-order valence-electron chi connectivity index (χ0n) is 23.9. The number of aromatic nitrogens is 1. The van der Waals surface area contributed by atoms with E-state index in [1.807, 2.05) is 89.7 Å². The van der Waals surface area contributed by atoms with Crippen molar-refractivity contribution < 1.29 is 14.4 Å². The third-order valence-electron chi connectivity index (χ3n) is 8.29. The summed E-state index contributed by atoms with van der Waals surface area (Å²) in [4.78, 5) is 48.9. The second kappa shape index (κ2) is 12.0. The molecule has 4 aromatic rings. The highest BCUT2D eigenvalue weighted by Gasteiger charge is 2.60. The number of halogens is 2. The van der Waals surface area contributed by atoms with Crippen molar-refractivity contribution in [1.82, 2.24) is 20.1 Å². The summed E-state index contributed by atoms with van der Waals surface area (Å²) in [5.74, 6) is -0.289. The zero-order chi connectivity index (χ0) is 30.3. The number of carbonyl (C=O) groups is 3. The van der Waals surface area contributed by atoms with Crippen molar-refractivity contribution in [2.75, 3.05) is 13.1 Å². The SMILES string of the molecule is CC(=O)NC1CCN(C(=O)C2(Sc3ccc(C)cc3)CC(=O)N(Cc3ccc(Br)cc3)C2c2c[nH]c3cc(Cl)ccc23)C1. The number of fused-ring (bicyclic) bond motifs is 1. The van der Waals surface area contributed by atoms with Gasteiger partial charge in [-0.05, 0) is 55.3 Å². The molecule has 1 aromatic heterocycles. The number of amides is 3. The summed E-state index contributed by atoms with van der Waals surface area (Å²) < 4.78 is -0.196. The molecule has 2 aliphatic rings. The van der Waals surface area contributed by atoms with Crippen molar-refractivity contribution in [2.24, 2.45) is 0 Å². The lowest BCUT2D eigenvalue weighted by Gasteiger charge is -2.38. The van der Waals surface area contributed by atoms with Gasteiger partial charge in [-0.15, -0.1) is 11.8 Å². The van der Waals surface area contributed by atoms with Gasteiger partial charge in [0.2, 0.25) is 17.7 Å². The van der Waals surface area contributed by atoms with E-state index in [2.05, 4.69) is 26.2 Å². The number of hydrogen-bond donors (Lipinski definition) is 2. The molecule has 2 saturated heterocycles. The maximum atomic E-state index is 14.9. The third-order valence-corrected chi connectivity index (χ3v) is 10.5. The molecule has 3 amide bonds. The highest BCUT2D eigenvalue weighted by molar-refractivity contribution is 9.10. The number of aryl methyl sites for hydroxylation is 1. The van der Waals surface area contributed by atoms with Crippen LogP contribution < -0.4 is 5.32 Å². The third kappa shape index (κ3) is 5.95. The van der Waals surface area contributed by atoms with Gasteiger partial charge in [-0.3, -0.25) is 14.4 Å². The minimum absolute atomic E-state index is 0.0487. The monoisotopic (exact) mass is 678 g/mol. The van der Waals surface area contributed by atoms with Crippen LogP contribution in [0, 0.1) is 6.92 Å². The normalized spacial score (nSPS) is 22.0. The molecule has 0 saturated carbocycles. The predicted octanol–water partition coefficient (Wildman–Crippen LogP) is 6.63. The summed E-state index contributed by atoms with van der Waals surface area (Å²) in [5, 5.41) is 4.50. The Balaban J connectivity index is 1.50. The Hall–Kier alpha value is -3.27. The van der Waals surface area contributed by atoms with Crippen molar-refractivity contribution in [3.05, 3.63) is 99.1 Å². The van der Waals surface area contributed by atoms with Gasteiger partial charge in [0.25, 0.3) is 0 Å². The number of nitrogens with zero attached hydrogens (tertiary/aromatic N) is 2. The second-order valence-electron chi connectivity index (χ2n) is 11.4. The Morgan fingerprint density at radius 2 is 1.86 bits per heavy atom. The fraction of sp³-hybridized carbons (Fsp3) is 0.303. The summed E-state index contributed by atoms with van der Waals surface area (Å²) in [6, 6.07) is 21.0. The summed E-state index contributed by atoms with van der Waals surface area (Å²) in [6.07, 6.45) is 2.64. The van der Waals surface area contributed by atoms with Gasteiger partial charge in [0.05, 0.1) is 12.5 Å². The topological polar surface area (TPSA) is 85.5 Å². The minimum Gasteiger partial charge on any atom is -0.361 e. The van der Waals surface area contributed by atoms with Crippen LogP contribution in [-0.2, 0) is 20.9 Å². The van der Waals surface area contributed by atoms with Crippen LogP contribution in [0.1, 0.15) is 42.5 Å². The Labute approximate surface area is 268 Å². The number of rotatable bonds is 7. The van der Waals surface area contributed by atoms with Gasteiger partial charge in [0, 0.05) is 69.7 Å². The van der Waals surface area contributed by atoms with Crippen molar-refractivity contribution in [3.63, 3.8) is 0 Å². The van der Waals surface area contributed by atoms with Crippen LogP contribution in [0.25, 0.3) is 10.9 Å². The van der Waals surface area contributed by atoms with Gasteiger partial charge in [-0.2, -0.15) is 0 Å². The molecule has 43 heavy (non-hydrogen) atoms. The molecule has 7 nitrogen and oxygen atoms in total. The number of carbonyl (C=O) groups excluding carboxylic acids is 3. The van der Waals surface area contributed by atoms with Crippen LogP contribution in [0.5, 0.6) is 0 Å². The maximum absolute atomic E-state index is 14.9. The highest BCUT2D eigenvalue weighted by atomic mass is 79.9. The molecule has 6 rings (SSSR count). The maximum Gasteiger partial charge on any atom is 0.242 e. The minimum atomic E-state index is -1.15. The van der Waals surface area contributed by atoms with Crippen molar-refractivity contribution in [3.8, 4) is 0 Å². The molecule has 10 heteroatoms. The lowest BCUT2D eigenvalue weighted by atomic mass is 9.90. The first-order valence-electron chi connectivity index (χ1n) is 14.3. The molecule has 3 aromatic carbocycles. The Morgan fingerprint density at radius 3 is 2.58 bits per heavy atom. The van der Waals surface area contributed by atoms with Gasteiger partial charge in [0.15, 0.2) is 0 Å².